The third-order valence-electron chi connectivity index (χ3n) is 3.80. The van der Waals surface area contributed by atoms with Gasteiger partial charge < -0.3 is 5.11 Å². The molecule has 20 heavy (non-hydrogen) atoms. The zero-order valence-electron chi connectivity index (χ0n) is 10.7. The Bertz CT molecular complexity index is 461. The van der Waals surface area contributed by atoms with Crippen LogP contribution in [0.4, 0.5) is 13.2 Å². The molecule has 0 saturated heterocycles. The van der Waals surface area contributed by atoms with Gasteiger partial charge in [0, 0.05) is 11.4 Å². The molecule has 0 amide bonds. The van der Waals surface area contributed by atoms with Crippen LogP contribution in [0.1, 0.15) is 30.6 Å². The molecule has 1 aromatic rings. The molecular weight excluding hydrogens is 291 g/mol. The van der Waals surface area contributed by atoms with Crippen LogP contribution in [0.3, 0.4) is 0 Å². The van der Waals surface area contributed by atoms with E-state index in [9.17, 15) is 23.1 Å². The minimum Gasteiger partial charge on any atom is -0.480 e. The monoisotopic (exact) mass is 307 g/mol. The summed E-state index contributed by atoms with van der Waals surface area (Å²) in [5.74, 6) is -2.73. The minimum atomic E-state index is -4.33. The number of thiophene rings is 1. The first-order chi connectivity index (χ1) is 9.33. The van der Waals surface area contributed by atoms with Crippen LogP contribution in [0.2, 0.25) is 0 Å². The van der Waals surface area contributed by atoms with Gasteiger partial charge in [0.15, 0.2) is 0 Å². The molecule has 1 saturated carbocycles. The molecule has 3 nitrogen and oxygen atoms in total. The van der Waals surface area contributed by atoms with Gasteiger partial charge in [-0.3, -0.25) is 10.1 Å². The Labute approximate surface area is 118 Å². The Morgan fingerprint density at radius 2 is 2.30 bits per heavy atom. The van der Waals surface area contributed by atoms with E-state index in [-0.39, 0.29) is 25.8 Å². The Kier molecular flexibility index (Phi) is 4.39. The molecule has 2 rings (SSSR count). The molecule has 0 aliphatic heterocycles. The average molecular weight is 307 g/mol. The molecule has 2 N–H and O–H groups in total. The number of hydrogen-bond acceptors (Lipinski definition) is 3. The van der Waals surface area contributed by atoms with Crippen molar-refractivity contribution in [2.75, 3.05) is 0 Å². The predicted octanol–water partition coefficient (Wildman–Crippen LogP) is 3.41. The Morgan fingerprint density at radius 3 is 2.85 bits per heavy atom. The SMILES string of the molecule is O=C(O)C1(NCc2cccs2)CCCC(C(F)(F)F)C1. The molecule has 1 aliphatic carbocycles. The third kappa shape index (κ3) is 3.32. The first-order valence-corrected chi connectivity index (χ1v) is 7.29. The van der Waals surface area contributed by atoms with Gasteiger partial charge in [0.1, 0.15) is 5.54 Å². The van der Waals surface area contributed by atoms with E-state index in [4.69, 9.17) is 0 Å². The number of halogens is 3. The normalized spacial score (nSPS) is 27.4. The molecule has 1 heterocycles. The average Bonchev–Trinajstić information content (AvgIpc) is 2.88. The third-order valence-corrected chi connectivity index (χ3v) is 4.68. The summed E-state index contributed by atoms with van der Waals surface area (Å²) in [5, 5.41) is 14.1. The molecule has 7 heteroatoms. The lowest BCUT2D eigenvalue weighted by atomic mass is 9.75. The van der Waals surface area contributed by atoms with Crippen molar-refractivity contribution in [1.82, 2.24) is 5.32 Å². The van der Waals surface area contributed by atoms with Gasteiger partial charge in [-0.2, -0.15) is 13.2 Å². The number of aliphatic carboxylic acids is 1. The number of alkyl halides is 3. The van der Waals surface area contributed by atoms with Crippen LogP contribution in [0.25, 0.3) is 0 Å². The van der Waals surface area contributed by atoms with Crippen LogP contribution in [-0.4, -0.2) is 22.8 Å². The van der Waals surface area contributed by atoms with E-state index < -0.39 is 30.0 Å². The Morgan fingerprint density at radius 1 is 1.55 bits per heavy atom. The van der Waals surface area contributed by atoms with Gasteiger partial charge in [-0.05, 0) is 30.7 Å². The first kappa shape index (κ1) is 15.3. The largest absolute Gasteiger partial charge is 0.480 e. The van der Waals surface area contributed by atoms with Crippen molar-refractivity contribution in [1.29, 1.82) is 0 Å². The van der Waals surface area contributed by atoms with Crippen molar-refractivity contribution in [3.05, 3.63) is 22.4 Å². The highest BCUT2D eigenvalue weighted by molar-refractivity contribution is 7.09. The summed E-state index contributed by atoms with van der Waals surface area (Å²) < 4.78 is 38.5. The zero-order chi connectivity index (χ0) is 14.8. The maximum Gasteiger partial charge on any atom is 0.391 e. The maximum absolute atomic E-state index is 12.8. The van der Waals surface area contributed by atoms with Gasteiger partial charge in [-0.25, -0.2) is 0 Å². The van der Waals surface area contributed by atoms with E-state index in [1.807, 2.05) is 17.5 Å². The molecule has 112 valence electrons. The number of carbonyl (C=O) groups is 1. The molecule has 0 aromatic carbocycles. The maximum atomic E-state index is 12.8. The summed E-state index contributed by atoms with van der Waals surface area (Å²) in [6, 6.07) is 3.66. The first-order valence-electron chi connectivity index (χ1n) is 6.41. The second-order valence-electron chi connectivity index (χ2n) is 5.16. The second-order valence-corrected chi connectivity index (χ2v) is 6.19. The lowest BCUT2D eigenvalue weighted by molar-refractivity contribution is -0.191. The minimum absolute atomic E-state index is 0.0131. The molecule has 1 fully saturated rings. The smallest absolute Gasteiger partial charge is 0.391 e. The van der Waals surface area contributed by atoms with Crippen LogP contribution < -0.4 is 5.32 Å². The van der Waals surface area contributed by atoms with E-state index in [2.05, 4.69) is 5.32 Å². The summed E-state index contributed by atoms with van der Waals surface area (Å²) in [6.45, 7) is 0.286. The quantitative estimate of drug-likeness (QED) is 0.896. The number of nitrogens with one attached hydrogen (secondary N) is 1. The highest BCUT2D eigenvalue weighted by atomic mass is 32.1. The van der Waals surface area contributed by atoms with Gasteiger partial charge in [-0.15, -0.1) is 11.3 Å². The molecular formula is C13H16F3NO2S. The van der Waals surface area contributed by atoms with Crippen LogP contribution in [0.5, 0.6) is 0 Å². The van der Waals surface area contributed by atoms with Crippen LogP contribution in [0.15, 0.2) is 17.5 Å². The summed E-state index contributed by atoms with van der Waals surface area (Å²) in [4.78, 5) is 12.4. The van der Waals surface area contributed by atoms with Crippen LogP contribution in [-0.2, 0) is 11.3 Å². The van der Waals surface area contributed by atoms with Crippen molar-refractivity contribution in [3.8, 4) is 0 Å². The topological polar surface area (TPSA) is 49.3 Å². The molecule has 1 aromatic heterocycles. The number of hydrogen-bond donors (Lipinski definition) is 2. The van der Waals surface area contributed by atoms with E-state index in [0.717, 1.165) is 4.88 Å². The van der Waals surface area contributed by atoms with Gasteiger partial charge in [0.25, 0.3) is 0 Å². The molecule has 0 radical (unpaired) electrons. The molecule has 2 unspecified atom stereocenters. The highest BCUT2D eigenvalue weighted by Gasteiger charge is 2.50. The molecule has 2 atom stereocenters. The fraction of sp³-hybridized carbons (Fsp3) is 0.615. The fourth-order valence-corrected chi connectivity index (χ4v) is 3.30. The number of rotatable bonds is 4. The summed E-state index contributed by atoms with van der Waals surface area (Å²) in [6.07, 6.45) is -4.20. The summed E-state index contributed by atoms with van der Waals surface area (Å²) in [5.41, 5.74) is -1.47. The highest BCUT2D eigenvalue weighted by Crippen LogP contribution is 2.42. The Balaban J connectivity index is 2.10. The van der Waals surface area contributed by atoms with Crippen LogP contribution in [0, 0.1) is 5.92 Å². The van der Waals surface area contributed by atoms with Crippen molar-refractivity contribution < 1.29 is 23.1 Å². The van der Waals surface area contributed by atoms with Crippen molar-refractivity contribution in [2.24, 2.45) is 5.92 Å². The standard InChI is InChI=1S/C13H16F3NO2S/c14-13(15,16)9-3-1-5-12(7-9,11(18)19)17-8-10-4-2-6-20-10/h2,4,6,9,17H,1,3,5,7-8H2,(H,18,19). The van der Waals surface area contributed by atoms with Crippen LogP contribution >= 0.6 is 11.3 Å². The van der Waals surface area contributed by atoms with Crippen molar-refractivity contribution in [3.63, 3.8) is 0 Å². The lowest BCUT2D eigenvalue weighted by Gasteiger charge is -2.39. The van der Waals surface area contributed by atoms with Gasteiger partial charge in [0.2, 0.25) is 0 Å². The molecule has 0 spiro atoms. The predicted molar refractivity (Wildman–Crippen MR) is 69.5 cm³/mol. The number of carboxylic acids is 1. The fourth-order valence-electron chi connectivity index (χ4n) is 2.65. The summed E-state index contributed by atoms with van der Waals surface area (Å²) >= 11 is 1.45. The zero-order valence-corrected chi connectivity index (χ0v) is 11.6. The lowest BCUT2D eigenvalue weighted by Crippen LogP contribution is -2.56. The summed E-state index contributed by atoms with van der Waals surface area (Å²) in [7, 11) is 0. The number of carboxylic acid groups (broad SMARTS) is 1. The molecule has 1 aliphatic rings. The van der Waals surface area contributed by atoms with Gasteiger partial charge in [0.05, 0.1) is 5.92 Å². The molecule has 0 bridgehead atoms. The second kappa shape index (κ2) is 5.73. The van der Waals surface area contributed by atoms with E-state index in [1.54, 1.807) is 0 Å². The van der Waals surface area contributed by atoms with Crippen molar-refractivity contribution >= 4 is 17.3 Å². The van der Waals surface area contributed by atoms with E-state index in [0.29, 0.717) is 0 Å². The van der Waals surface area contributed by atoms with Gasteiger partial charge >= 0.3 is 12.1 Å². The van der Waals surface area contributed by atoms with Crippen molar-refractivity contribution in [2.45, 2.75) is 43.9 Å². The van der Waals surface area contributed by atoms with E-state index >= 15 is 0 Å². The van der Waals surface area contributed by atoms with Gasteiger partial charge in [-0.1, -0.05) is 12.5 Å². The Hall–Kier alpha value is -1.08. The van der Waals surface area contributed by atoms with E-state index in [1.165, 1.54) is 11.3 Å².